The Morgan fingerprint density at radius 2 is 1.96 bits per heavy atom. The maximum Gasteiger partial charge on any atom is 0.222 e. The highest BCUT2D eigenvalue weighted by molar-refractivity contribution is 5.83. The largest absolute Gasteiger partial charge is 0.497 e. The van der Waals surface area contributed by atoms with E-state index < -0.39 is 0 Å². The van der Waals surface area contributed by atoms with Crippen molar-refractivity contribution in [2.45, 2.75) is 31.6 Å². The van der Waals surface area contributed by atoms with Gasteiger partial charge in [-0.2, -0.15) is 0 Å². The Morgan fingerprint density at radius 3 is 2.78 bits per heavy atom. The second-order valence-electron chi connectivity index (χ2n) is 7.30. The number of nitrogens with one attached hydrogen (secondary N) is 1. The molecule has 2 aromatic carbocycles. The van der Waals surface area contributed by atoms with Crippen LogP contribution < -0.4 is 4.74 Å². The lowest BCUT2D eigenvalue weighted by Gasteiger charge is -2.32. The zero-order valence-electron chi connectivity index (χ0n) is 15.8. The standard InChI is InChI=1S/C23H26N2O2/c1-27-19-6-4-5-17(15-19)9-10-23(26)25-13-11-18(12-14-25)21-16-24-22-8-3-2-7-20(21)22/h2-8,15-16,18,24H,9-14H2,1H3. The number of methoxy groups -OCH3 is 1. The van der Waals surface area contributed by atoms with E-state index in [-0.39, 0.29) is 5.91 Å². The molecule has 4 heteroatoms. The number of fused-ring (bicyclic) bond motifs is 1. The number of rotatable bonds is 5. The Hall–Kier alpha value is -2.75. The van der Waals surface area contributed by atoms with Gasteiger partial charge in [0.25, 0.3) is 0 Å². The maximum absolute atomic E-state index is 12.6. The fraction of sp³-hybridized carbons (Fsp3) is 0.348. The van der Waals surface area contributed by atoms with Crippen LogP contribution in [0, 0.1) is 0 Å². The number of aryl methyl sites for hydroxylation is 1. The van der Waals surface area contributed by atoms with Gasteiger partial charge in [0.15, 0.2) is 0 Å². The Kier molecular flexibility index (Phi) is 5.14. The fourth-order valence-electron chi connectivity index (χ4n) is 4.11. The van der Waals surface area contributed by atoms with Crippen LogP contribution in [0.15, 0.2) is 54.7 Å². The molecule has 1 fully saturated rings. The van der Waals surface area contributed by atoms with Crippen LogP contribution >= 0.6 is 0 Å². The van der Waals surface area contributed by atoms with Crippen LogP contribution in [0.1, 0.15) is 36.3 Å². The molecule has 0 bridgehead atoms. The van der Waals surface area contributed by atoms with Crippen molar-refractivity contribution in [1.82, 2.24) is 9.88 Å². The van der Waals surface area contributed by atoms with Gasteiger partial charge in [0.2, 0.25) is 5.91 Å². The van der Waals surface area contributed by atoms with Gasteiger partial charge < -0.3 is 14.6 Å². The van der Waals surface area contributed by atoms with Crippen molar-refractivity contribution in [3.8, 4) is 5.75 Å². The Labute approximate surface area is 160 Å². The van der Waals surface area contributed by atoms with E-state index >= 15 is 0 Å². The number of nitrogens with zero attached hydrogens (tertiary/aromatic N) is 1. The zero-order chi connectivity index (χ0) is 18.6. The molecule has 0 saturated carbocycles. The summed E-state index contributed by atoms with van der Waals surface area (Å²) in [4.78, 5) is 18.0. The summed E-state index contributed by atoms with van der Waals surface area (Å²) in [7, 11) is 1.67. The fourth-order valence-corrected chi connectivity index (χ4v) is 4.11. The molecule has 4 nitrogen and oxygen atoms in total. The van der Waals surface area contributed by atoms with Gasteiger partial charge in [-0.3, -0.25) is 4.79 Å². The summed E-state index contributed by atoms with van der Waals surface area (Å²) in [5.74, 6) is 1.64. The number of aromatic nitrogens is 1. The molecule has 0 spiro atoms. The number of ether oxygens (including phenoxy) is 1. The minimum absolute atomic E-state index is 0.259. The highest BCUT2D eigenvalue weighted by Gasteiger charge is 2.25. The average molecular weight is 362 g/mol. The average Bonchev–Trinajstić information content (AvgIpc) is 3.16. The first-order chi connectivity index (χ1) is 13.2. The number of piperidine rings is 1. The van der Waals surface area contributed by atoms with Gasteiger partial charge in [-0.15, -0.1) is 0 Å². The summed E-state index contributed by atoms with van der Waals surface area (Å²) in [5.41, 5.74) is 3.75. The molecule has 0 aliphatic carbocycles. The molecule has 4 rings (SSSR count). The zero-order valence-corrected chi connectivity index (χ0v) is 15.8. The lowest BCUT2D eigenvalue weighted by Crippen LogP contribution is -2.38. The van der Waals surface area contributed by atoms with E-state index in [1.54, 1.807) is 7.11 Å². The van der Waals surface area contributed by atoms with E-state index in [0.717, 1.165) is 43.7 Å². The highest BCUT2D eigenvalue weighted by Crippen LogP contribution is 2.33. The predicted octanol–water partition coefficient (Wildman–Crippen LogP) is 4.52. The van der Waals surface area contributed by atoms with E-state index in [1.807, 2.05) is 23.1 Å². The second-order valence-corrected chi connectivity index (χ2v) is 7.30. The Morgan fingerprint density at radius 1 is 1.15 bits per heavy atom. The van der Waals surface area contributed by atoms with E-state index in [2.05, 4.69) is 41.5 Å². The summed E-state index contributed by atoms with van der Waals surface area (Å²) >= 11 is 0. The van der Waals surface area contributed by atoms with Gasteiger partial charge in [-0.1, -0.05) is 30.3 Å². The summed E-state index contributed by atoms with van der Waals surface area (Å²) < 4.78 is 5.26. The normalized spacial score (nSPS) is 15.2. The number of hydrogen-bond donors (Lipinski definition) is 1. The van der Waals surface area contributed by atoms with Crippen molar-refractivity contribution in [3.05, 3.63) is 65.9 Å². The monoisotopic (exact) mass is 362 g/mol. The molecule has 0 radical (unpaired) electrons. The van der Waals surface area contributed by atoms with Crippen LogP contribution in [0.3, 0.4) is 0 Å². The van der Waals surface area contributed by atoms with Crippen molar-refractivity contribution >= 4 is 16.8 Å². The predicted molar refractivity (Wildman–Crippen MR) is 108 cm³/mol. The molecular weight excluding hydrogens is 336 g/mol. The number of amides is 1. The number of aromatic amines is 1. The quantitative estimate of drug-likeness (QED) is 0.725. The van der Waals surface area contributed by atoms with E-state index in [1.165, 1.54) is 16.5 Å². The van der Waals surface area contributed by atoms with Gasteiger partial charge in [0, 0.05) is 36.6 Å². The molecule has 1 saturated heterocycles. The van der Waals surface area contributed by atoms with Crippen LogP contribution in [-0.2, 0) is 11.2 Å². The van der Waals surface area contributed by atoms with Gasteiger partial charge >= 0.3 is 0 Å². The molecule has 1 aliphatic rings. The molecule has 3 aromatic rings. The van der Waals surface area contributed by atoms with E-state index in [0.29, 0.717) is 12.3 Å². The van der Waals surface area contributed by atoms with Crippen LogP contribution in [0.25, 0.3) is 10.9 Å². The van der Waals surface area contributed by atoms with Crippen LogP contribution in [0.5, 0.6) is 5.75 Å². The molecule has 140 valence electrons. The second kappa shape index (κ2) is 7.87. The van der Waals surface area contributed by atoms with Gasteiger partial charge in [-0.25, -0.2) is 0 Å². The summed E-state index contributed by atoms with van der Waals surface area (Å²) in [6.07, 6.45) is 5.54. The molecule has 2 heterocycles. The number of hydrogen-bond acceptors (Lipinski definition) is 2. The first-order valence-corrected chi connectivity index (χ1v) is 9.71. The lowest BCUT2D eigenvalue weighted by atomic mass is 9.89. The SMILES string of the molecule is COc1cccc(CCC(=O)N2CCC(c3c[nH]c4ccccc34)CC2)c1. The van der Waals surface area contributed by atoms with Gasteiger partial charge in [-0.05, 0) is 54.5 Å². The highest BCUT2D eigenvalue weighted by atomic mass is 16.5. The van der Waals surface area contributed by atoms with Crippen LogP contribution in [0.2, 0.25) is 0 Å². The number of para-hydroxylation sites is 1. The van der Waals surface area contributed by atoms with Crippen molar-refractivity contribution in [2.24, 2.45) is 0 Å². The molecule has 1 N–H and O–H groups in total. The third-order valence-electron chi connectivity index (χ3n) is 5.67. The van der Waals surface area contributed by atoms with Crippen molar-refractivity contribution in [3.63, 3.8) is 0 Å². The third kappa shape index (κ3) is 3.85. The lowest BCUT2D eigenvalue weighted by molar-refractivity contribution is -0.132. The summed E-state index contributed by atoms with van der Waals surface area (Å²) in [6, 6.07) is 16.4. The summed E-state index contributed by atoms with van der Waals surface area (Å²) in [5, 5.41) is 1.32. The van der Waals surface area contributed by atoms with Crippen molar-refractivity contribution < 1.29 is 9.53 Å². The summed E-state index contributed by atoms with van der Waals surface area (Å²) in [6.45, 7) is 1.70. The van der Waals surface area contributed by atoms with Gasteiger partial charge in [0.1, 0.15) is 5.75 Å². The molecule has 1 amide bonds. The number of benzene rings is 2. The van der Waals surface area contributed by atoms with Crippen LogP contribution in [0.4, 0.5) is 0 Å². The number of likely N-dealkylation sites (tertiary alicyclic amines) is 1. The van der Waals surface area contributed by atoms with Crippen molar-refractivity contribution in [1.29, 1.82) is 0 Å². The van der Waals surface area contributed by atoms with Gasteiger partial charge in [0.05, 0.1) is 7.11 Å². The minimum Gasteiger partial charge on any atom is -0.497 e. The minimum atomic E-state index is 0.259. The maximum atomic E-state index is 12.6. The first kappa shape index (κ1) is 17.7. The first-order valence-electron chi connectivity index (χ1n) is 9.71. The topological polar surface area (TPSA) is 45.3 Å². The number of carbonyl (C=O) groups is 1. The van der Waals surface area contributed by atoms with Crippen molar-refractivity contribution in [2.75, 3.05) is 20.2 Å². The van der Waals surface area contributed by atoms with E-state index in [4.69, 9.17) is 4.74 Å². The molecule has 1 aromatic heterocycles. The van der Waals surface area contributed by atoms with Crippen LogP contribution in [-0.4, -0.2) is 36.0 Å². The molecule has 0 unspecified atom stereocenters. The molecular formula is C23H26N2O2. The molecule has 0 atom stereocenters. The third-order valence-corrected chi connectivity index (χ3v) is 5.67. The van der Waals surface area contributed by atoms with E-state index in [9.17, 15) is 4.79 Å². The number of carbonyl (C=O) groups excluding carboxylic acids is 1. The molecule has 1 aliphatic heterocycles. The Balaban J connectivity index is 1.32. The molecule has 27 heavy (non-hydrogen) atoms. The Bertz CT molecular complexity index is 923. The smallest absolute Gasteiger partial charge is 0.222 e. The number of H-pyrrole nitrogens is 1.